The molecule has 0 spiro atoms. The molecule has 5 aromatic rings. The van der Waals surface area contributed by atoms with Gasteiger partial charge in [-0.15, -0.1) is 0 Å². The Morgan fingerprint density at radius 2 is 1.42 bits per heavy atom. The lowest BCUT2D eigenvalue weighted by Crippen LogP contribution is -2.35. The molecule has 3 heterocycles. The summed E-state index contributed by atoms with van der Waals surface area (Å²) in [5, 5.41) is 3.75. The normalized spacial score (nSPS) is 18.9. The number of dihydropyridines is 1. The van der Waals surface area contributed by atoms with Crippen LogP contribution in [0, 0.1) is 0 Å². The maximum atomic E-state index is 5.26. The molecule has 2 aliphatic heterocycles. The molecular weight excluding hydrogens is 587 g/mol. The zero-order valence-corrected chi connectivity index (χ0v) is 26.6. The number of pyridine rings is 1. The van der Waals surface area contributed by atoms with E-state index in [0.29, 0.717) is 5.84 Å². The van der Waals surface area contributed by atoms with Crippen molar-refractivity contribution in [3.63, 3.8) is 0 Å². The molecule has 8 rings (SSSR count). The Balaban J connectivity index is 1.23. The van der Waals surface area contributed by atoms with E-state index in [4.69, 9.17) is 15.0 Å². The van der Waals surface area contributed by atoms with Gasteiger partial charge in [0.2, 0.25) is 0 Å². The van der Waals surface area contributed by atoms with E-state index in [2.05, 4.69) is 144 Å². The highest BCUT2D eigenvalue weighted by Crippen LogP contribution is 2.36. The van der Waals surface area contributed by atoms with Crippen molar-refractivity contribution in [3.8, 4) is 11.3 Å². The molecule has 5 heteroatoms. The van der Waals surface area contributed by atoms with Crippen molar-refractivity contribution < 1.29 is 0 Å². The Morgan fingerprint density at radius 1 is 0.667 bits per heavy atom. The van der Waals surface area contributed by atoms with Crippen LogP contribution in [0.1, 0.15) is 52.7 Å². The molecule has 0 saturated carbocycles. The number of benzene rings is 4. The van der Waals surface area contributed by atoms with Crippen molar-refractivity contribution in [3.05, 3.63) is 191 Å². The first-order chi connectivity index (χ1) is 23.8. The van der Waals surface area contributed by atoms with Gasteiger partial charge in [-0.1, -0.05) is 115 Å². The van der Waals surface area contributed by atoms with Gasteiger partial charge in [-0.05, 0) is 77.1 Å². The zero-order chi connectivity index (χ0) is 32.1. The van der Waals surface area contributed by atoms with Crippen molar-refractivity contribution in [2.24, 2.45) is 15.0 Å². The summed E-state index contributed by atoms with van der Waals surface area (Å²) in [6.07, 6.45) is 12.3. The van der Waals surface area contributed by atoms with Crippen LogP contribution in [0.25, 0.3) is 16.8 Å². The molecule has 0 amide bonds. The maximum absolute atomic E-state index is 5.26. The molecule has 4 aromatic carbocycles. The molecule has 232 valence electrons. The van der Waals surface area contributed by atoms with Crippen LogP contribution in [0.4, 0.5) is 0 Å². The first kappa shape index (κ1) is 29.5. The van der Waals surface area contributed by atoms with Crippen LogP contribution >= 0.6 is 0 Å². The van der Waals surface area contributed by atoms with E-state index in [9.17, 15) is 0 Å². The molecule has 5 nitrogen and oxygen atoms in total. The number of aliphatic imine (C=N–C) groups is 3. The lowest BCUT2D eigenvalue weighted by molar-refractivity contribution is 0.668. The summed E-state index contributed by atoms with van der Waals surface area (Å²) >= 11 is 0. The molecule has 1 N–H and O–H groups in total. The van der Waals surface area contributed by atoms with Crippen LogP contribution in [0.3, 0.4) is 0 Å². The van der Waals surface area contributed by atoms with E-state index >= 15 is 0 Å². The number of allylic oxidation sites excluding steroid dienone is 4. The van der Waals surface area contributed by atoms with Crippen LogP contribution < -0.4 is 5.32 Å². The number of nitrogens with zero attached hydrogens (tertiary/aromatic N) is 4. The van der Waals surface area contributed by atoms with Crippen molar-refractivity contribution in [2.75, 3.05) is 6.54 Å². The second-order valence-corrected chi connectivity index (χ2v) is 12.2. The third kappa shape index (κ3) is 6.36. The van der Waals surface area contributed by atoms with Crippen molar-refractivity contribution in [1.82, 2.24) is 10.3 Å². The van der Waals surface area contributed by atoms with E-state index in [0.717, 1.165) is 64.5 Å². The van der Waals surface area contributed by atoms with Crippen LogP contribution in [0.15, 0.2) is 178 Å². The molecule has 48 heavy (non-hydrogen) atoms. The third-order valence-corrected chi connectivity index (χ3v) is 8.97. The molecule has 0 bridgehead atoms. The molecule has 0 fully saturated rings. The van der Waals surface area contributed by atoms with Gasteiger partial charge in [0.15, 0.2) is 5.84 Å². The number of aromatic nitrogens is 1. The molecule has 2 unspecified atom stereocenters. The smallest absolute Gasteiger partial charge is 0.159 e. The average Bonchev–Trinajstić information content (AvgIpc) is 3.19. The van der Waals surface area contributed by atoms with E-state index in [-0.39, 0.29) is 12.1 Å². The highest BCUT2D eigenvalue weighted by molar-refractivity contribution is 6.15. The first-order valence-corrected chi connectivity index (χ1v) is 16.6. The fourth-order valence-corrected chi connectivity index (χ4v) is 6.52. The third-order valence-electron chi connectivity index (χ3n) is 8.97. The number of rotatable bonds is 7. The topological polar surface area (TPSA) is 62.0 Å². The van der Waals surface area contributed by atoms with Gasteiger partial charge in [0.25, 0.3) is 0 Å². The van der Waals surface area contributed by atoms with Gasteiger partial charge in [0.05, 0.1) is 11.4 Å². The summed E-state index contributed by atoms with van der Waals surface area (Å²) in [6.45, 7) is 0.811. The summed E-state index contributed by atoms with van der Waals surface area (Å²) in [4.78, 5) is 19.9. The van der Waals surface area contributed by atoms with Crippen LogP contribution in [-0.4, -0.2) is 28.9 Å². The number of nitrogens with one attached hydrogen (secondary N) is 1. The molecular formula is C43H35N5. The second kappa shape index (κ2) is 13.4. The van der Waals surface area contributed by atoms with E-state index in [1.807, 2.05) is 24.4 Å². The number of hydrogen-bond acceptors (Lipinski definition) is 5. The molecule has 3 aliphatic rings. The van der Waals surface area contributed by atoms with Gasteiger partial charge in [-0.25, -0.2) is 9.98 Å². The maximum Gasteiger partial charge on any atom is 0.159 e. The van der Waals surface area contributed by atoms with Gasteiger partial charge in [-0.2, -0.15) is 0 Å². The fraction of sp³-hybridized carbons (Fsp3) is 0.116. The van der Waals surface area contributed by atoms with Gasteiger partial charge >= 0.3 is 0 Å². The van der Waals surface area contributed by atoms with E-state index in [1.165, 1.54) is 16.7 Å². The number of amidine groups is 2. The Bertz CT molecular complexity index is 2120. The lowest BCUT2D eigenvalue weighted by Gasteiger charge is -2.29. The highest BCUT2D eigenvalue weighted by Gasteiger charge is 2.27. The van der Waals surface area contributed by atoms with E-state index < -0.39 is 0 Å². The molecule has 1 aliphatic carbocycles. The highest BCUT2D eigenvalue weighted by atomic mass is 15.2. The minimum Gasteiger partial charge on any atom is -0.344 e. The van der Waals surface area contributed by atoms with Crippen LogP contribution in [-0.2, 0) is 0 Å². The van der Waals surface area contributed by atoms with E-state index in [1.54, 1.807) is 0 Å². The van der Waals surface area contributed by atoms with Crippen molar-refractivity contribution in [2.45, 2.75) is 24.9 Å². The minimum absolute atomic E-state index is 0.207. The molecule has 0 saturated heterocycles. The lowest BCUT2D eigenvalue weighted by atomic mass is 9.83. The summed E-state index contributed by atoms with van der Waals surface area (Å²) in [5.74, 6) is 1.75. The summed E-state index contributed by atoms with van der Waals surface area (Å²) in [6, 6.07) is 44.3. The molecule has 2 atom stereocenters. The Kier molecular flexibility index (Phi) is 8.24. The summed E-state index contributed by atoms with van der Waals surface area (Å²) < 4.78 is 0. The van der Waals surface area contributed by atoms with Crippen LogP contribution in [0.5, 0.6) is 0 Å². The Hall–Kier alpha value is -5.94. The zero-order valence-electron chi connectivity index (χ0n) is 26.6. The average molecular weight is 622 g/mol. The minimum atomic E-state index is -0.339. The van der Waals surface area contributed by atoms with Crippen molar-refractivity contribution in [1.29, 1.82) is 0 Å². The first-order valence-electron chi connectivity index (χ1n) is 16.6. The van der Waals surface area contributed by atoms with Gasteiger partial charge in [0.1, 0.15) is 12.0 Å². The predicted molar refractivity (Wildman–Crippen MR) is 197 cm³/mol. The van der Waals surface area contributed by atoms with Crippen LogP contribution in [0.2, 0.25) is 0 Å². The monoisotopic (exact) mass is 621 g/mol. The van der Waals surface area contributed by atoms with Gasteiger partial charge < -0.3 is 5.32 Å². The SMILES string of the molecule is C1=CC(c2cccc(C3=NC(c4cccc(-c5ccccn5)c4)NC(C4=CC(c5ccccc5)=CC(c5ccccc5)C4)=N3)c2)=NCC1. The largest absolute Gasteiger partial charge is 0.344 e. The fourth-order valence-electron chi connectivity index (χ4n) is 6.52. The predicted octanol–water partition coefficient (Wildman–Crippen LogP) is 9.14. The van der Waals surface area contributed by atoms with Gasteiger partial charge in [-0.3, -0.25) is 9.98 Å². The standard InChI is InChI=1S/C43H35N5/c1-3-13-30(14-4-1)36-27-37(31-15-5-2-6-16-31)29-38(28-36)43-47-41(34-19-11-17-32(25-34)39-21-7-9-23-44-39)46-42(48-43)35-20-12-18-33(26-35)40-22-8-10-24-45-40/h1-9,11-23,25-28,37,41H,10,24,29H2,(H,46,47,48). The molecule has 1 aromatic heterocycles. The summed E-state index contributed by atoms with van der Waals surface area (Å²) in [7, 11) is 0. The van der Waals surface area contributed by atoms with Gasteiger partial charge in [0, 0.05) is 35.3 Å². The Labute approximate surface area is 281 Å². The number of hydrogen-bond donors (Lipinski definition) is 1. The van der Waals surface area contributed by atoms with Crippen molar-refractivity contribution >= 4 is 23.0 Å². The second-order valence-electron chi connectivity index (χ2n) is 12.2. The summed E-state index contributed by atoms with van der Waals surface area (Å²) in [5.41, 5.74) is 10.9. The molecule has 0 radical (unpaired) electrons. The Morgan fingerprint density at radius 3 is 2.23 bits per heavy atom. The quantitative estimate of drug-likeness (QED) is 0.197.